The summed E-state index contributed by atoms with van der Waals surface area (Å²) in [5.41, 5.74) is -1.57. The maximum Gasteiger partial charge on any atom is 0.260 e. The second-order valence-electron chi connectivity index (χ2n) is 2.73. The van der Waals surface area contributed by atoms with E-state index in [0.29, 0.717) is 0 Å². The van der Waals surface area contributed by atoms with Gasteiger partial charge in [-0.05, 0) is 13.8 Å². The molecule has 0 aliphatic carbocycles. The van der Waals surface area contributed by atoms with Gasteiger partial charge in [0, 0.05) is 0 Å². The quantitative estimate of drug-likeness (QED) is 0.628. The first-order chi connectivity index (χ1) is 4.90. The minimum atomic E-state index is -2.64. The molecule has 0 aromatic carbocycles. The Bertz CT molecular complexity index is 148. The van der Waals surface area contributed by atoms with E-state index in [1.165, 1.54) is 13.8 Å². The topological polar surface area (TPSA) is 49.3 Å². The van der Waals surface area contributed by atoms with E-state index in [9.17, 15) is 13.6 Å². The van der Waals surface area contributed by atoms with Gasteiger partial charge in [-0.25, -0.2) is 8.78 Å². The fraction of sp³-hybridized carbons (Fsp3) is 0.833. The van der Waals surface area contributed by atoms with Crippen LogP contribution >= 0.6 is 0 Å². The lowest BCUT2D eigenvalue weighted by Crippen LogP contribution is -2.49. The number of nitrogens with one attached hydrogen (secondary N) is 1. The Hall–Kier alpha value is -0.710. The molecule has 0 aromatic rings. The summed E-state index contributed by atoms with van der Waals surface area (Å²) in [6.07, 6.45) is -2.64. The molecule has 11 heavy (non-hydrogen) atoms. The first-order valence-corrected chi connectivity index (χ1v) is 3.10. The SMILES string of the molecule is CC(C)(NC(=O)CO)C(F)F. The summed E-state index contributed by atoms with van der Waals surface area (Å²) in [5.74, 6) is -0.796. The lowest BCUT2D eigenvalue weighted by molar-refractivity contribution is -0.127. The van der Waals surface area contributed by atoms with E-state index in [2.05, 4.69) is 0 Å². The number of hydrogen-bond acceptors (Lipinski definition) is 2. The third-order valence-corrected chi connectivity index (χ3v) is 1.15. The number of amides is 1. The summed E-state index contributed by atoms with van der Waals surface area (Å²) in [6, 6.07) is 0. The Morgan fingerprint density at radius 2 is 2.09 bits per heavy atom. The number of alkyl halides is 2. The number of hydrogen-bond donors (Lipinski definition) is 2. The fourth-order valence-electron chi connectivity index (χ4n) is 0.453. The molecule has 3 nitrogen and oxygen atoms in total. The van der Waals surface area contributed by atoms with E-state index in [-0.39, 0.29) is 0 Å². The lowest BCUT2D eigenvalue weighted by Gasteiger charge is -2.24. The van der Waals surface area contributed by atoms with Crippen molar-refractivity contribution >= 4 is 5.91 Å². The second-order valence-corrected chi connectivity index (χ2v) is 2.73. The largest absolute Gasteiger partial charge is 0.387 e. The van der Waals surface area contributed by atoms with Gasteiger partial charge in [0.15, 0.2) is 0 Å². The molecule has 5 heteroatoms. The fourth-order valence-corrected chi connectivity index (χ4v) is 0.453. The first-order valence-electron chi connectivity index (χ1n) is 3.10. The summed E-state index contributed by atoms with van der Waals surface area (Å²) >= 11 is 0. The van der Waals surface area contributed by atoms with Crippen LogP contribution in [0.25, 0.3) is 0 Å². The lowest BCUT2D eigenvalue weighted by atomic mass is 10.1. The zero-order chi connectivity index (χ0) is 9.07. The number of aliphatic hydroxyl groups excluding tert-OH is 1. The molecule has 0 aliphatic rings. The molecule has 0 fully saturated rings. The van der Waals surface area contributed by atoms with Crippen LogP contribution in [0.4, 0.5) is 8.78 Å². The molecule has 0 saturated heterocycles. The molecule has 0 saturated carbocycles. The van der Waals surface area contributed by atoms with E-state index >= 15 is 0 Å². The normalized spacial score (nSPS) is 11.8. The third-order valence-electron chi connectivity index (χ3n) is 1.15. The van der Waals surface area contributed by atoms with Gasteiger partial charge < -0.3 is 10.4 Å². The predicted octanol–water partition coefficient (Wildman–Crippen LogP) is 0.139. The molecule has 1 amide bonds. The maximum absolute atomic E-state index is 12.0. The van der Waals surface area contributed by atoms with Gasteiger partial charge in [0.25, 0.3) is 6.43 Å². The molecule has 0 atom stereocenters. The van der Waals surface area contributed by atoms with Crippen molar-refractivity contribution in [3.05, 3.63) is 0 Å². The zero-order valence-corrected chi connectivity index (χ0v) is 6.40. The zero-order valence-electron chi connectivity index (χ0n) is 6.40. The molecule has 0 aliphatic heterocycles. The van der Waals surface area contributed by atoms with Crippen molar-refractivity contribution in [1.82, 2.24) is 5.32 Å². The van der Waals surface area contributed by atoms with Crippen LogP contribution in [0.1, 0.15) is 13.8 Å². The number of carbonyl (C=O) groups is 1. The van der Waals surface area contributed by atoms with Crippen molar-refractivity contribution in [2.24, 2.45) is 0 Å². The van der Waals surface area contributed by atoms with E-state index < -0.39 is 24.5 Å². The first kappa shape index (κ1) is 10.3. The molecule has 0 rings (SSSR count). The minimum absolute atomic E-state index is 0.768. The van der Waals surface area contributed by atoms with E-state index in [1.54, 1.807) is 0 Å². The highest BCUT2D eigenvalue weighted by Gasteiger charge is 2.30. The highest BCUT2D eigenvalue weighted by molar-refractivity contribution is 5.77. The van der Waals surface area contributed by atoms with Gasteiger partial charge in [0.2, 0.25) is 5.91 Å². The summed E-state index contributed by atoms with van der Waals surface area (Å²) in [4.78, 5) is 10.4. The van der Waals surface area contributed by atoms with Crippen molar-refractivity contribution in [1.29, 1.82) is 0 Å². The Kier molecular flexibility index (Phi) is 3.38. The molecule has 0 aromatic heterocycles. The summed E-state index contributed by atoms with van der Waals surface area (Å²) in [5, 5.41) is 10.2. The Labute approximate surface area is 63.4 Å². The molecule has 0 radical (unpaired) electrons. The van der Waals surface area contributed by atoms with Gasteiger partial charge in [0.1, 0.15) is 6.61 Å². The van der Waals surface area contributed by atoms with Crippen LogP contribution in [0.5, 0.6) is 0 Å². The van der Waals surface area contributed by atoms with Crippen molar-refractivity contribution in [3.8, 4) is 0 Å². The van der Waals surface area contributed by atoms with E-state index in [1.807, 2.05) is 5.32 Å². The van der Waals surface area contributed by atoms with Gasteiger partial charge in [0.05, 0.1) is 5.54 Å². The predicted molar refractivity (Wildman–Crippen MR) is 35.3 cm³/mol. The smallest absolute Gasteiger partial charge is 0.260 e. The average Bonchev–Trinajstić information content (AvgIpc) is 1.86. The van der Waals surface area contributed by atoms with Gasteiger partial charge in [-0.2, -0.15) is 0 Å². The molecule has 66 valence electrons. The van der Waals surface area contributed by atoms with Crippen LogP contribution in [0.2, 0.25) is 0 Å². The van der Waals surface area contributed by atoms with E-state index in [0.717, 1.165) is 0 Å². The molecule has 0 bridgehead atoms. The van der Waals surface area contributed by atoms with Crippen molar-refractivity contribution in [2.45, 2.75) is 25.8 Å². The van der Waals surface area contributed by atoms with E-state index in [4.69, 9.17) is 5.11 Å². The van der Waals surface area contributed by atoms with Crippen LogP contribution in [0.15, 0.2) is 0 Å². The van der Waals surface area contributed by atoms with Gasteiger partial charge in [-0.15, -0.1) is 0 Å². The number of carbonyl (C=O) groups excluding carboxylic acids is 1. The number of aliphatic hydroxyl groups is 1. The van der Waals surface area contributed by atoms with Crippen molar-refractivity contribution in [3.63, 3.8) is 0 Å². The molecule has 0 unspecified atom stereocenters. The average molecular weight is 167 g/mol. The highest BCUT2D eigenvalue weighted by atomic mass is 19.3. The number of rotatable bonds is 3. The highest BCUT2D eigenvalue weighted by Crippen LogP contribution is 2.13. The molecule has 2 N–H and O–H groups in total. The summed E-state index contributed by atoms with van der Waals surface area (Å²) in [7, 11) is 0. The molecular weight excluding hydrogens is 156 g/mol. The summed E-state index contributed by atoms with van der Waals surface area (Å²) < 4.78 is 24.0. The van der Waals surface area contributed by atoms with Crippen LogP contribution in [-0.2, 0) is 4.79 Å². The molecule has 0 spiro atoms. The monoisotopic (exact) mass is 167 g/mol. The minimum Gasteiger partial charge on any atom is -0.387 e. The van der Waals surface area contributed by atoms with Crippen molar-refractivity contribution in [2.75, 3.05) is 6.61 Å². The van der Waals surface area contributed by atoms with Gasteiger partial charge >= 0.3 is 0 Å². The second kappa shape index (κ2) is 3.61. The molecular formula is C6H11F2NO2. The Morgan fingerprint density at radius 3 is 2.36 bits per heavy atom. The van der Waals surface area contributed by atoms with Gasteiger partial charge in [-0.1, -0.05) is 0 Å². The Morgan fingerprint density at radius 1 is 1.64 bits per heavy atom. The van der Waals surface area contributed by atoms with Crippen molar-refractivity contribution < 1.29 is 18.7 Å². The number of halogens is 2. The van der Waals surface area contributed by atoms with Crippen LogP contribution in [0, 0.1) is 0 Å². The van der Waals surface area contributed by atoms with Gasteiger partial charge in [-0.3, -0.25) is 4.79 Å². The maximum atomic E-state index is 12.0. The third kappa shape index (κ3) is 3.27. The van der Waals surface area contributed by atoms with Crippen LogP contribution < -0.4 is 5.32 Å². The Balaban J connectivity index is 4.01. The van der Waals surface area contributed by atoms with Crippen LogP contribution in [-0.4, -0.2) is 29.6 Å². The molecule has 0 heterocycles. The van der Waals surface area contributed by atoms with Crippen LogP contribution in [0.3, 0.4) is 0 Å². The summed E-state index contributed by atoms with van der Waals surface area (Å²) in [6.45, 7) is 1.60. The standard InChI is InChI=1S/C6H11F2NO2/c1-6(2,5(7)8)9-4(11)3-10/h5,10H,3H2,1-2H3,(H,9,11).